The van der Waals surface area contributed by atoms with Crippen LogP contribution in [0.2, 0.25) is 0 Å². The monoisotopic (exact) mass is 265 g/mol. The molecule has 0 amide bonds. The lowest BCUT2D eigenvalue weighted by Crippen LogP contribution is -2.42. The van der Waals surface area contributed by atoms with Crippen LogP contribution in [0.5, 0.6) is 0 Å². The predicted octanol–water partition coefficient (Wildman–Crippen LogP) is 1.20. The van der Waals surface area contributed by atoms with E-state index in [2.05, 4.69) is 5.32 Å². The maximum atomic E-state index is 11.4. The van der Waals surface area contributed by atoms with Gasteiger partial charge in [-0.15, -0.1) is 0 Å². The van der Waals surface area contributed by atoms with Crippen LogP contribution in [-0.4, -0.2) is 44.2 Å². The molecule has 0 bridgehead atoms. The van der Waals surface area contributed by atoms with E-state index in [4.69, 9.17) is 5.11 Å². The summed E-state index contributed by atoms with van der Waals surface area (Å²) in [5, 5.41) is 12.3. The fraction of sp³-hybridized carbons (Fsp3) is 1.00. The fourth-order valence-electron chi connectivity index (χ4n) is 1.29. The quantitative estimate of drug-likeness (QED) is 0.647. The molecule has 0 unspecified atom stereocenters. The van der Waals surface area contributed by atoms with Crippen LogP contribution in [0.4, 0.5) is 0 Å². The molecule has 0 saturated carbocycles. The molecular weight excluding hydrogens is 238 g/mol. The summed E-state index contributed by atoms with van der Waals surface area (Å²) in [6.07, 6.45) is 3.13. The molecular formula is C12H27NO3S. The van der Waals surface area contributed by atoms with Crippen molar-refractivity contribution in [3.63, 3.8) is 0 Å². The molecule has 0 radical (unpaired) electrons. The summed E-state index contributed by atoms with van der Waals surface area (Å²) in [6.45, 7) is 8.93. The van der Waals surface area contributed by atoms with Crippen LogP contribution in [0.3, 0.4) is 0 Å². The number of nitrogens with one attached hydrogen (secondary N) is 1. The minimum atomic E-state index is -3.03. The number of sulfone groups is 1. The molecule has 17 heavy (non-hydrogen) atoms. The van der Waals surface area contributed by atoms with E-state index in [1.165, 1.54) is 6.26 Å². The molecule has 0 spiro atoms. The van der Waals surface area contributed by atoms with Gasteiger partial charge in [0.1, 0.15) is 0 Å². The Kier molecular flexibility index (Phi) is 6.11. The number of rotatable bonds is 8. The lowest BCUT2D eigenvalue weighted by molar-refractivity contribution is 0.148. The highest BCUT2D eigenvalue weighted by molar-refractivity contribution is 7.92. The molecule has 0 atom stereocenters. The molecule has 0 aliphatic carbocycles. The summed E-state index contributed by atoms with van der Waals surface area (Å²) in [6, 6.07) is 0. The largest absolute Gasteiger partial charge is 0.396 e. The van der Waals surface area contributed by atoms with Gasteiger partial charge in [-0.1, -0.05) is 13.8 Å². The summed E-state index contributed by atoms with van der Waals surface area (Å²) >= 11 is 0. The zero-order chi connectivity index (χ0) is 13.7. The molecule has 0 aromatic heterocycles. The number of hydrogen-bond donors (Lipinski definition) is 2. The minimum absolute atomic E-state index is 0.0476. The van der Waals surface area contributed by atoms with Crippen molar-refractivity contribution in [1.82, 2.24) is 5.32 Å². The highest BCUT2D eigenvalue weighted by Crippen LogP contribution is 2.20. The molecule has 0 aliphatic heterocycles. The lowest BCUT2D eigenvalue weighted by Gasteiger charge is -2.24. The summed E-state index contributed by atoms with van der Waals surface area (Å²) in [5.41, 5.74) is -0.0476. The topological polar surface area (TPSA) is 66.4 Å². The first-order valence-corrected chi connectivity index (χ1v) is 7.92. The third-order valence-electron chi connectivity index (χ3n) is 3.19. The van der Waals surface area contributed by atoms with Crippen LogP contribution < -0.4 is 5.32 Å². The van der Waals surface area contributed by atoms with E-state index in [-0.39, 0.29) is 12.0 Å². The Morgan fingerprint density at radius 2 is 1.71 bits per heavy atom. The molecule has 2 N–H and O–H groups in total. The van der Waals surface area contributed by atoms with Crippen molar-refractivity contribution in [3.8, 4) is 0 Å². The zero-order valence-electron chi connectivity index (χ0n) is 11.7. The average Bonchev–Trinajstić information content (AvgIpc) is 2.15. The Morgan fingerprint density at radius 1 is 1.18 bits per heavy atom. The molecule has 0 saturated heterocycles. The Morgan fingerprint density at radius 3 is 2.12 bits per heavy atom. The van der Waals surface area contributed by atoms with Crippen molar-refractivity contribution < 1.29 is 13.5 Å². The van der Waals surface area contributed by atoms with Crippen molar-refractivity contribution in [2.75, 3.05) is 26.0 Å². The second-order valence-corrected chi connectivity index (χ2v) is 8.78. The molecule has 4 nitrogen and oxygen atoms in total. The van der Waals surface area contributed by atoms with E-state index in [9.17, 15) is 8.42 Å². The second kappa shape index (κ2) is 6.16. The molecule has 0 heterocycles. The van der Waals surface area contributed by atoms with Crippen LogP contribution >= 0.6 is 0 Å². The van der Waals surface area contributed by atoms with E-state index < -0.39 is 14.6 Å². The minimum Gasteiger partial charge on any atom is -0.396 e. The third kappa shape index (κ3) is 6.38. The molecule has 0 aromatic rings. The second-order valence-electron chi connectivity index (χ2n) is 6.13. The fourth-order valence-corrected chi connectivity index (χ4v) is 1.66. The normalized spacial score (nSPS) is 14.0. The van der Waals surface area contributed by atoms with Crippen molar-refractivity contribution in [1.29, 1.82) is 0 Å². The molecule has 104 valence electrons. The summed E-state index contributed by atoms with van der Waals surface area (Å²) in [4.78, 5) is 0. The highest BCUT2D eigenvalue weighted by Gasteiger charge is 2.29. The van der Waals surface area contributed by atoms with Gasteiger partial charge in [0, 0.05) is 19.4 Å². The number of aliphatic hydroxyl groups excluding tert-OH is 1. The highest BCUT2D eigenvalue weighted by atomic mass is 32.2. The Labute approximate surface area is 106 Å². The molecule has 0 rings (SSSR count). The van der Waals surface area contributed by atoms with Crippen LogP contribution in [0.25, 0.3) is 0 Å². The first-order chi connectivity index (χ1) is 7.52. The SMILES string of the molecule is CC(C)(CO)CCCNCC(C)(C)S(C)(=O)=O. The van der Waals surface area contributed by atoms with E-state index in [0.717, 1.165) is 19.4 Å². The summed E-state index contributed by atoms with van der Waals surface area (Å²) in [5.74, 6) is 0. The molecule has 0 fully saturated rings. The van der Waals surface area contributed by atoms with Gasteiger partial charge in [0.25, 0.3) is 0 Å². The van der Waals surface area contributed by atoms with Gasteiger partial charge < -0.3 is 10.4 Å². The van der Waals surface area contributed by atoms with Gasteiger partial charge in [0.15, 0.2) is 9.84 Å². The van der Waals surface area contributed by atoms with Crippen molar-refractivity contribution in [2.45, 2.75) is 45.3 Å². The molecule has 5 heteroatoms. The Hall–Kier alpha value is -0.130. The zero-order valence-corrected chi connectivity index (χ0v) is 12.5. The first kappa shape index (κ1) is 16.9. The van der Waals surface area contributed by atoms with Gasteiger partial charge in [0.2, 0.25) is 0 Å². The number of aliphatic hydroxyl groups is 1. The van der Waals surface area contributed by atoms with Crippen molar-refractivity contribution in [2.24, 2.45) is 5.41 Å². The van der Waals surface area contributed by atoms with E-state index in [0.29, 0.717) is 6.54 Å². The van der Waals surface area contributed by atoms with Gasteiger partial charge >= 0.3 is 0 Å². The van der Waals surface area contributed by atoms with Crippen LogP contribution in [-0.2, 0) is 9.84 Å². The third-order valence-corrected chi connectivity index (χ3v) is 5.34. The maximum Gasteiger partial charge on any atom is 0.153 e. The maximum absolute atomic E-state index is 11.4. The first-order valence-electron chi connectivity index (χ1n) is 6.03. The average molecular weight is 265 g/mol. The van der Waals surface area contributed by atoms with Crippen molar-refractivity contribution in [3.05, 3.63) is 0 Å². The standard InChI is InChI=1S/C12H27NO3S/c1-11(2,10-14)7-6-8-13-9-12(3,4)17(5,15)16/h13-14H,6-10H2,1-5H3. The van der Waals surface area contributed by atoms with E-state index in [1.54, 1.807) is 13.8 Å². The van der Waals surface area contributed by atoms with Crippen LogP contribution in [0.15, 0.2) is 0 Å². The number of hydrogen-bond acceptors (Lipinski definition) is 4. The molecule has 0 aliphatic rings. The summed E-state index contributed by atoms with van der Waals surface area (Å²) < 4.78 is 22.2. The van der Waals surface area contributed by atoms with Crippen LogP contribution in [0, 0.1) is 5.41 Å². The lowest BCUT2D eigenvalue weighted by atomic mass is 9.89. The van der Waals surface area contributed by atoms with Gasteiger partial charge in [-0.2, -0.15) is 0 Å². The van der Waals surface area contributed by atoms with Gasteiger partial charge in [-0.25, -0.2) is 8.42 Å². The van der Waals surface area contributed by atoms with E-state index in [1.807, 2.05) is 13.8 Å². The summed E-state index contributed by atoms with van der Waals surface area (Å²) in [7, 11) is -3.03. The van der Waals surface area contributed by atoms with Crippen molar-refractivity contribution >= 4 is 9.84 Å². The van der Waals surface area contributed by atoms with E-state index >= 15 is 0 Å². The van der Waals surface area contributed by atoms with Crippen LogP contribution in [0.1, 0.15) is 40.5 Å². The Bertz CT molecular complexity index is 321. The van der Waals surface area contributed by atoms with Gasteiger partial charge in [-0.3, -0.25) is 0 Å². The smallest absolute Gasteiger partial charge is 0.153 e. The molecule has 0 aromatic carbocycles. The van der Waals surface area contributed by atoms with Gasteiger partial charge in [0.05, 0.1) is 4.75 Å². The predicted molar refractivity (Wildman–Crippen MR) is 71.9 cm³/mol. The van der Waals surface area contributed by atoms with Gasteiger partial charge in [-0.05, 0) is 38.6 Å². The Balaban J connectivity index is 3.88.